The van der Waals surface area contributed by atoms with Gasteiger partial charge in [-0.3, -0.25) is 14.8 Å². The van der Waals surface area contributed by atoms with Crippen LogP contribution >= 0.6 is 34.8 Å². The van der Waals surface area contributed by atoms with Gasteiger partial charge in [0.1, 0.15) is 0 Å². The van der Waals surface area contributed by atoms with Gasteiger partial charge in [0.05, 0.1) is 24.7 Å². The molecule has 0 saturated carbocycles. The van der Waals surface area contributed by atoms with E-state index in [1.165, 1.54) is 44.6 Å². The van der Waals surface area contributed by atoms with Gasteiger partial charge >= 0.3 is 6.01 Å². The van der Waals surface area contributed by atoms with Gasteiger partial charge in [-0.15, -0.1) is 0 Å². The minimum Gasteiger partial charge on any atom is -0.481 e. The van der Waals surface area contributed by atoms with Crippen LogP contribution in [-0.4, -0.2) is 43.6 Å². The number of thiocarbonyl (C=S) groups is 1. The third-order valence-electron chi connectivity index (χ3n) is 4.08. The SMILES string of the molecule is COc1cc(NS(=O)(=O)c2ccc(NC(=S)NC(=O)c3ccccc3I)cc2)nc(OC)n1. The number of hydrogen-bond donors (Lipinski definition) is 3. The number of amides is 1. The van der Waals surface area contributed by atoms with Gasteiger partial charge in [0.15, 0.2) is 10.9 Å². The summed E-state index contributed by atoms with van der Waals surface area (Å²) < 4.78 is 38.5. The van der Waals surface area contributed by atoms with Gasteiger partial charge in [-0.05, 0) is 71.2 Å². The van der Waals surface area contributed by atoms with Crippen LogP contribution in [0.2, 0.25) is 0 Å². The lowest BCUT2D eigenvalue weighted by atomic mass is 10.2. The Morgan fingerprint density at radius 3 is 2.36 bits per heavy atom. The molecule has 33 heavy (non-hydrogen) atoms. The summed E-state index contributed by atoms with van der Waals surface area (Å²) in [7, 11) is -1.21. The number of carbonyl (C=O) groups excluding carboxylic acids is 1. The van der Waals surface area contributed by atoms with Crippen molar-refractivity contribution in [3.05, 3.63) is 63.7 Å². The van der Waals surface area contributed by atoms with Gasteiger partial charge in [-0.2, -0.15) is 9.97 Å². The van der Waals surface area contributed by atoms with Crippen molar-refractivity contribution in [1.29, 1.82) is 0 Å². The van der Waals surface area contributed by atoms with E-state index in [-0.39, 0.29) is 33.6 Å². The first-order valence-corrected chi connectivity index (χ1v) is 12.2. The highest BCUT2D eigenvalue weighted by Crippen LogP contribution is 2.21. The highest BCUT2D eigenvalue weighted by molar-refractivity contribution is 14.1. The summed E-state index contributed by atoms with van der Waals surface area (Å²) >= 11 is 7.25. The van der Waals surface area contributed by atoms with E-state index in [1.54, 1.807) is 12.1 Å². The Bertz CT molecular complexity index is 1260. The molecule has 3 aromatic rings. The molecule has 1 aromatic heterocycles. The second-order valence-corrected chi connectivity index (χ2v) is 9.55. The lowest BCUT2D eigenvalue weighted by Crippen LogP contribution is -2.34. The normalized spacial score (nSPS) is 10.8. The quantitative estimate of drug-likeness (QED) is 0.277. The molecule has 13 heteroatoms. The number of rotatable bonds is 7. The van der Waals surface area contributed by atoms with Gasteiger partial charge in [0.2, 0.25) is 5.88 Å². The van der Waals surface area contributed by atoms with E-state index in [0.717, 1.165) is 3.57 Å². The van der Waals surface area contributed by atoms with Gasteiger partial charge in [-0.25, -0.2) is 8.42 Å². The first kappa shape index (κ1) is 24.6. The summed E-state index contributed by atoms with van der Waals surface area (Å²) in [5.41, 5.74) is 0.986. The number of nitrogens with one attached hydrogen (secondary N) is 3. The highest BCUT2D eigenvalue weighted by atomic mass is 127. The van der Waals surface area contributed by atoms with E-state index >= 15 is 0 Å². The van der Waals surface area contributed by atoms with Crippen molar-refractivity contribution in [2.75, 3.05) is 24.3 Å². The fourth-order valence-corrected chi connectivity index (χ4v) is 4.38. The molecule has 0 aliphatic heterocycles. The molecule has 0 saturated heterocycles. The van der Waals surface area contributed by atoms with Crippen LogP contribution in [0.1, 0.15) is 10.4 Å². The number of benzene rings is 2. The third-order valence-corrected chi connectivity index (χ3v) is 6.60. The van der Waals surface area contributed by atoms with E-state index in [2.05, 4.69) is 47.9 Å². The summed E-state index contributed by atoms with van der Waals surface area (Å²) in [4.78, 5) is 20.2. The number of aromatic nitrogens is 2. The van der Waals surface area contributed by atoms with E-state index < -0.39 is 10.0 Å². The third kappa shape index (κ3) is 6.49. The Balaban J connectivity index is 1.67. The molecule has 172 valence electrons. The molecule has 0 fully saturated rings. The van der Waals surface area contributed by atoms with Crippen LogP contribution in [0.3, 0.4) is 0 Å². The van der Waals surface area contributed by atoms with Gasteiger partial charge < -0.3 is 14.8 Å². The maximum atomic E-state index is 12.7. The zero-order valence-electron chi connectivity index (χ0n) is 17.3. The summed E-state index contributed by atoms with van der Waals surface area (Å²) in [6, 6.07) is 14.2. The average molecular weight is 599 g/mol. The molecule has 0 atom stereocenters. The molecule has 1 amide bonds. The Kier molecular flexibility index (Phi) is 7.99. The second-order valence-electron chi connectivity index (χ2n) is 6.30. The lowest BCUT2D eigenvalue weighted by Gasteiger charge is -2.12. The second kappa shape index (κ2) is 10.7. The summed E-state index contributed by atoms with van der Waals surface area (Å²) in [6.07, 6.45) is 0. The maximum absolute atomic E-state index is 12.7. The van der Waals surface area contributed by atoms with Crippen LogP contribution in [0.4, 0.5) is 11.5 Å². The molecular formula is C20H18IN5O5S2. The molecule has 1 heterocycles. The van der Waals surface area contributed by atoms with Crippen LogP contribution in [0.25, 0.3) is 0 Å². The number of sulfonamides is 1. The van der Waals surface area contributed by atoms with Crippen molar-refractivity contribution >= 4 is 67.4 Å². The fourth-order valence-electron chi connectivity index (χ4n) is 2.54. The molecule has 2 aromatic carbocycles. The van der Waals surface area contributed by atoms with Gasteiger partial charge in [0, 0.05) is 15.3 Å². The van der Waals surface area contributed by atoms with Crippen LogP contribution in [0.15, 0.2) is 59.5 Å². The first-order valence-electron chi connectivity index (χ1n) is 9.18. The smallest absolute Gasteiger partial charge is 0.321 e. The fraction of sp³-hybridized carbons (Fsp3) is 0.100. The van der Waals surface area contributed by atoms with Crippen LogP contribution < -0.4 is 24.8 Å². The van der Waals surface area contributed by atoms with E-state index in [9.17, 15) is 13.2 Å². The molecule has 0 radical (unpaired) electrons. The largest absolute Gasteiger partial charge is 0.481 e. The summed E-state index contributed by atoms with van der Waals surface area (Å²) in [6.45, 7) is 0. The number of ether oxygens (including phenoxy) is 2. The lowest BCUT2D eigenvalue weighted by molar-refractivity contribution is 0.0977. The number of nitrogens with zero attached hydrogens (tertiary/aromatic N) is 2. The van der Waals surface area contributed by atoms with Crippen LogP contribution in [0, 0.1) is 3.57 Å². The first-order chi connectivity index (χ1) is 15.7. The van der Waals surface area contributed by atoms with Crippen molar-refractivity contribution in [1.82, 2.24) is 15.3 Å². The number of methoxy groups -OCH3 is 2. The number of carbonyl (C=O) groups is 1. The number of anilines is 2. The van der Waals surface area contributed by atoms with E-state index in [1.807, 2.05) is 12.1 Å². The molecule has 10 nitrogen and oxygen atoms in total. The number of halogens is 1. The maximum Gasteiger partial charge on any atom is 0.321 e. The van der Waals surface area contributed by atoms with E-state index in [0.29, 0.717) is 11.3 Å². The highest BCUT2D eigenvalue weighted by Gasteiger charge is 2.17. The van der Waals surface area contributed by atoms with Crippen LogP contribution in [0.5, 0.6) is 11.9 Å². The average Bonchev–Trinajstić information content (AvgIpc) is 2.79. The van der Waals surface area contributed by atoms with Crippen molar-refractivity contribution in [2.45, 2.75) is 4.90 Å². The molecule has 0 spiro atoms. The van der Waals surface area contributed by atoms with Crippen molar-refractivity contribution < 1.29 is 22.7 Å². The van der Waals surface area contributed by atoms with Gasteiger partial charge in [-0.1, -0.05) is 12.1 Å². The van der Waals surface area contributed by atoms with Crippen molar-refractivity contribution in [2.24, 2.45) is 0 Å². The molecule has 0 aliphatic rings. The molecule has 0 unspecified atom stereocenters. The number of hydrogen-bond acceptors (Lipinski definition) is 8. The Morgan fingerprint density at radius 2 is 1.73 bits per heavy atom. The molecule has 0 aliphatic carbocycles. The zero-order chi connectivity index (χ0) is 24.0. The topological polar surface area (TPSA) is 132 Å². The predicted octanol–water partition coefficient (Wildman–Crippen LogP) is 3.03. The molecule has 0 bridgehead atoms. The standard InChI is InChI=1S/C20H18IN5O5S2/c1-30-17-11-16(23-19(24-17)31-2)26-33(28,29)13-9-7-12(8-10-13)22-20(32)25-18(27)14-5-3-4-6-15(14)21/h3-11H,1-2H3,(H,23,24,26)(H2,22,25,27,32). The van der Waals surface area contributed by atoms with Gasteiger partial charge in [0.25, 0.3) is 15.9 Å². The molecule has 3 N–H and O–H groups in total. The minimum absolute atomic E-state index is 0.0136. The predicted molar refractivity (Wildman–Crippen MR) is 135 cm³/mol. The van der Waals surface area contributed by atoms with Crippen LogP contribution in [-0.2, 0) is 10.0 Å². The molecule has 3 rings (SSSR count). The monoisotopic (exact) mass is 599 g/mol. The Labute approximate surface area is 209 Å². The van der Waals surface area contributed by atoms with Crippen molar-refractivity contribution in [3.63, 3.8) is 0 Å². The summed E-state index contributed by atoms with van der Waals surface area (Å²) in [5.74, 6) is -0.225. The van der Waals surface area contributed by atoms with E-state index in [4.69, 9.17) is 21.7 Å². The zero-order valence-corrected chi connectivity index (χ0v) is 21.1. The van der Waals surface area contributed by atoms with Crippen molar-refractivity contribution in [3.8, 4) is 11.9 Å². The minimum atomic E-state index is -3.95. The Morgan fingerprint density at radius 1 is 1.03 bits per heavy atom. The summed E-state index contributed by atoms with van der Waals surface area (Å²) in [5, 5.41) is 5.52. The Hall–Kier alpha value is -3.04. The molecular weight excluding hydrogens is 581 g/mol.